The summed E-state index contributed by atoms with van der Waals surface area (Å²) in [6.07, 6.45) is 0. The molecule has 1 aromatic heterocycles. The minimum absolute atomic E-state index is 0. The maximum absolute atomic E-state index is 5.64. The number of hydrogen-bond donors (Lipinski definition) is 1. The fraction of sp³-hybridized carbons (Fsp3) is 0.300. The summed E-state index contributed by atoms with van der Waals surface area (Å²) in [4.78, 5) is 4.33. The Morgan fingerprint density at radius 1 is 1.47 bits per heavy atom. The highest BCUT2D eigenvalue weighted by molar-refractivity contribution is 7.99. The van der Waals surface area contributed by atoms with E-state index < -0.39 is 0 Å². The molecule has 0 spiro atoms. The summed E-state index contributed by atoms with van der Waals surface area (Å²) in [6, 6.07) is 7.90. The van der Waals surface area contributed by atoms with Crippen molar-refractivity contribution in [3.8, 4) is 0 Å². The molecular formula is C10H13ClN2OS. The maximum atomic E-state index is 5.64. The highest BCUT2D eigenvalue weighted by Gasteiger charge is 2.05. The molecule has 0 aliphatic carbocycles. The molecule has 0 saturated heterocycles. The SMILES string of the molecule is CC(N)CSc1nc2ccccc2o1.Cl. The van der Waals surface area contributed by atoms with E-state index in [1.54, 1.807) is 11.8 Å². The van der Waals surface area contributed by atoms with Crippen molar-refractivity contribution in [2.24, 2.45) is 5.73 Å². The molecule has 1 atom stereocenters. The molecule has 2 aromatic rings. The van der Waals surface area contributed by atoms with Gasteiger partial charge in [0.15, 0.2) is 5.58 Å². The van der Waals surface area contributed by atoms with E-state index in [-0.39, 0.29) is 18.4 Å². The van der Waals surface area contributed by atoms with Gasteiger partial charge >= 0.3 is 0 Å². The molecule has 0 aliphatic heterocycles. The first kappa shape index (κ1) is 12.4. The second kappa shape index (κ2) is 5.39. The fourth-order valence-electron chi connectivity index (χ4n) is 1.12. The number of oxazole rings is 1. The molecule has 0 bridgehead atoms. The lowest BCUT2D eigenvalue weighted by Gasteiger charge is -1.99. The monoisotopic (exact) mass is 244 g/mol. The van der Waals surface area contributed by atoms with E-state index in [0.29, 0.717) is 5.22 Å². The second-order valence-corrected chi connectivity index (χ2v) is 4.21. The van der Waals surface area contributed by atoms with Gasteiger partial charge in [-0.25, -0.2) is 4.98 Å². The Labute approximate surface area is 98.8 Å². The van der Waals surface area contributed by atoms with Crippen LogP contribution in [0.1, 0.15) is 6.92 Å². The van der Waals surface area contributed by atoms with E-state index in [0.717, 1.165) is 16.9 Å². The quantitative estimate of drug-likeness (QED) is 0.844. The van der Waals surface area contributed by atoms with Gasteiger partial charge in [0.25, 0.3) is 5.22 Å². The highest BCUT2D eigenvalue weighted by atomic mass is 35.5. The van der Waals surface area contributed by atoms with E-state index in [9.17, 15) is 0 Å². The van der Waals surface area contributed by atoms with Crippen molar-refractivity contribution < 1.29 is 4.42 Å². The van der Waals surface area contributed by atoms with Crippen LogP contribution in [-0.4, -0.2) is 16.8 Å². The molecule has 1 aromatic carbocycles. The molecule has 0 aliphatic rings. The Morgan fingerprint density at radius 2 is 2.20 bits per heavy atom. The third-order valence-electron chi connectivity index (χ3n) is 1.74. The van der Waals surface area contributed by atoms with Gasteiger partial charge in [-0.2, -0.15) is 0 Å². The number of nitrogens with zero attached hydrogens (tertiary/aromatic N) is 1. The molecule has 2 rings (SSSR count). The predicted octanol–water partition coefficient (Wildman–Crippen LogP) is 2.69. The second-order valence-electron chi connectivity index (χ2n) is 3.24. The lowest BCUT2D eigenvalue weighted by atomic mass is 10.3. The van der Waals surface area contributed by atoms with Gasteiger partial charge in [-0.3, -0.25) is 0 Å². The zero-order valence-electron chi connectivity index (χ0n) is 8.34. The Bertz CT molecular complexity index is 397. The Morgan fingerprint density at radius 3 is 2.87 bits per heavy atom. The van der Waals surface area contributed by atoms with Crippen molar-refractivity contribution in [2.45, 2.75) is 18.2 Å². The lowest BCUT2D eigenvalue weighted by molar-refractivity contribution is 0.489. The fourth-order valence-corrected chi connectivity index (χ4v) is 1.83. The third kappa shape index (κ3) is 3.12. The number of fused-ring (bicyclic) bond motifs is 1. The molecule has 82 valence electrons. The number of para-hydroxylation sites is 2. The van der Waals surface area contributed by atoms with Crippen LogP contribution in [0.25, 0.3) is 11.1 Å². The Balaban J connectivity index is 0.00000112. The lowest BCUT2D eigenvalue weighted by Crippen LogP contribution is -2.17. The predicted molar refractivity (Wildman–Crippen MR) is 65.6 cm³/mol. The van der Waals surface area contributed by atoms with Gasteiger partial charge in [-0.15, -0.1) is 12.4 Å². The highest BCUT2D eigenvalue weighted by Crippen LogP contribution is 2.23. The molecule has 15 heavy (non-hydrogen) atoms. The normalized spacial score (nSPS) is 12.4. The average molecular weight is 245 g/mol. The van der Waals surface area contributed by atoms with Gasteiger partial charge in [0.05, 0.1) is 0 Å². The molecule has 1 heterocycles. The molecule has 1 unspecified atom stereocenters. The van der Waals surface area contributed by atoms with E-state index in [2.05, 4.69) is 4.98 Å². The summed E-state index contributed by atoms with van der Waals surface area (Å²) in [7, 11) is 0. The summed E-state index contributed by atoms with van der Waals surface area (Å²) >= 11 is 1.55. The molecule has 0 amide bonds. The van der Waals surface area contributed by atoms with E-state index in [1.807, 2.05) is 31.2 Å². The van der Waals surface area contributed by atoms with E-state index in [4.69, 9.17) is 10.2 Å². The average Bonchev–Trinajstić information content (AvgIpc) is 2.57. The van der Waals surface area contributed by atoms with E-state index in [1.165, 1.54) is 0 Å². The number of nitrogens with two attached hydrogens (primary N) is 1. The number of thioether (sulfide) groups is 1. The van der Waals surface area contributed by atoms with Crippen LogP contribution in [0.15, 0.2) is 33.9 Å². The molecule has 0 radical (unpaired) electrons. The van der Waals surface area contributed by atoms with Gasteiger partial charge in [-0.05, 0) is 19.1 Å². The number of halogens is 1. The Hall–Kier alpha value is -0.710. The Kier molecular flexibility index (Phi) is 4.45. The van der Waals surface area contributed by atoms with Gasteiger partial charge in [0.2, 0.25) is 0 Å². The van der Waals surface area contributed by atoms with Crippen LogP contribution >= 0.6 is 24.2 Å². The molecule has 5 heteroatoms. The minimum atomic E-state index is 0. The van der Waals surface area contributed by atoms with Crippen LogP contribution in [0.3, 0.4) is 0 Å². The minimum Gasteiger partial charge on any atom is -0.431 e. The van der Waals surface area contributed by atoms with Crippen LogP contribution in [0.5, 0.6) is 0 Å². The molecule has 0 saturated carbocycles. The van der Waals surface area contributed by atoms with Crippen molar-refractivity contribution >= 4 is 35.3 Å². The third-order valence-corrected chi connectivity index (χ3v) is 2.86. The van der Waals surface area contributed by atoms with Crippen molar-refractivity contribution in [3.63, 3.8) is 0 Å². The van der Waals surface area contributed by atoms with Crippen molar-refractivity contribution in [1.29, 1.82) is 0 Å². The van der Waals surface area contributed by atoms with Gasteiger partial charge < -0.3 is 10.2 Å². The molecule has 2 N–H and O–H groups in total. The number of benzene rings is 1. The van der Waals surface area contributed by atoms with Crippen LogP contribution < -0.4 is 5.73 Å². The first-order valence-electron chi connectivity index (χ1n) is 4.49. The standard InChI is InChI=1S/C10H12N2OS.ClH/c1-7(11)6-14-10-12-8-4-2-3-5-9(8)13-10;/h2-5,7H,6,11H2,1H3;1H. The molecular weight excluding hydrogens is 232 g/mol. The number of hydrogen-bond acceptors (Lipinski definition) is 4. The number of aromatic nitrogens is 1. The maximum Gasteiger partial charge on any atom is 0.256 e. The van der Waals surface area contributed by atoms with Crippen LogP contribution in [-0.2, 0) is 0 Å². The topological polar surface area (TPSA) is 52.0 Å². The number of rotatable bonds is 3. The van der Waals surface area contributed by atoms with Crippen molar-refractivity contribution in [3.05, 3.63) is 24.3 Å². The zero-order valence-corrected chi connectivity index (χ0v) is 9.98. The van der Waals surface area contributed by atoms with Gasteiger partial charge in [0, 0.05) is 11.8 Å². The van der Waals surface area contributed by atoms with Gasteiger partial charge in [-0.1, -0.05) is 23.9 Å². The zero-order chi connectivity index (χ0) is 9.97. The van der Waals surface area contributed by atoms with Crippen LogP contribution in [0.2, 0.25) is 0 Å². The smallest absolute Gasteiger partial charge is 0.256 e. The van der Waals surface area contributed by atoms with Crippen LogP contribution in [0.4, 0.5) is 0 Å². The molecule has 3 nitrogen and oxygen atoms in total. The first-order chi connectivity index (χ1) is 6.75. The van der Waals surface area contributed by atoms with Gasteiger partial charge in [0.1, 0.15) is 5.52 Å². The van der Waals surface area contributed by atoms with Crippen LogP contribution in [0, 0.1) is 0 Å². The summed E-state index contributed by atoms with van der Waals surface area (Å²) in [5.41, 5.74) is 7.38. The summed E-state index contributed by atoms with van der Waals surface area (Å²) < 4.78 is 5.51. The largest absolute Gasteiger partial charge is 0.431 e. The first-order valence-corrected chi connectivity index (χ1v) is 5.48. The summed E-state index contributed by atoms with van der Waals surface area (Å²) in [5, 5.41) is 0.698. The van der Waals surface area contributed by atoms with E-state index >= 15 is 0 Å². The van der Waals surface area contributed by atoms with Crippen molar-refractivity contribution in [1.82, 2.24) is 4.98 Å². The summed E-state index contributed by atoms with van der Waals surface area (Å²) in [6.45, 7) is 1.97. The summed E-state index contributed by atoms with van der Waals surface area (Å²) in [5.74, 6) is 0.826. The van der Waals surface area contributed by atoms with Crippen molar-refractivity contribution in [2.75, 3.05) is 5.75 Å². The molecule has 0 fully saturated rings.